The SMILES string of the molecule is COC(=O)c1c(NC(=O)[C@@H]2C[C@@H]2c2ccccc2)sc2c1CCCCCC2. The van der Waals surface area contributed by atoms with E-state index in [1.165, 1.54) is 30.4 Å². The van der Waals surface area contributed by atoms with Crippen molar-refractivity contribution in [2.75, 3.05) is 12.4 Å². The molecule has 1 heterocycles. The lowest BCUT2D eigenvalue weighted by molar-refractivity contribution is -0.117. The van der Waals surface area contributed by atoms with Crippen LogP contribution < -0.4 is 5.32 Å². The van der Waals surface area contributed by atoms with Gasteiger partial charge in [0.05, 0.1) is 12.7 Å². The largest absolute Gasteiger partial charge is 0.465 e. The maximum Gasteiger partial charge on any atom is 0.341 e. The number of hydrogen-bond donors (Lipinski definition) is 1. The number of anilines is 1. The zero-order valence-corrected chi connectivity index (χ0v) is 16.4. The molecule has 0 radical (unpaired) electrons. The maximum atomic E-state index is 12.8. The van der Waals surface area contributed by atoms with Gasteiger partial charge >= 0.3 is 5.97 Å². The average Bonchev–Trinajstić information content (AvgIpc) is 3.41. The number of methoxy groups -OCH3 is 1. The Labute approximate surface area is 163 Å². The van der Waals surface area contributed by atoms with Gasteiger partial charge < -0.3 is 10.1 Å². The van der Waals surface area contributed by atoms with E-state index in [1.807, 2.05) is 18.2 Å². The van der Waals surface area contributed by atoms with Crippen LogP contribution in [0.25, 0.3) is 0 Å². The van der Waals surface area contributed by atoms with Crippen LogP contribution in [0.4, 0.5) is 5.00 Å². The summed E-state index contributed by atoms with van der Waals surface area (Å²) in [6, 6.07) is 10.2. The van der Waals surface area contributed by atoms with E-state index < -0.39 is 0 Å². The van der Waals surface area contributed by atoms with Crippen LogP contribution in [0.3, 0.4) is 0 Å². The molecule has 1 fully saturated rings. The van der Waals surface area contributed by atoms with Crippen molar-refractivity contribution in [2.24, 2.45) is 5.92 Å². The Hall–Kier alpha value is -2.14. The highest BCUT2D eigenvalue weighted by atomic mass is 32.1. The second-order valence-electron chi connectivity index (χ2n) is 7.46. The molecule has 0 aliphatic heterocycles. The molecule has 27 heavy (non-hydrogen) atoms. The van der Waals surface area contributed by atoms with E-state index >= 15 is 0 Å². The molecule has 4 nitrogen and oxygen atoms in total. The normalized spacial score (nSPS) is 21.5. The van der Waals surface area contributed by atoms with E-state index in [0.29, 0.717) is 10.6 Å². The second kappa shape index (κ2) is 7.85. The second-order valence-corrected chi connectivity index (χ2v) is 8.57. The van der Waals surface area contributed by atoms with Gasteiger partial charge in [0.1, 0.15) is 5.00 Å². The summed E-state index contributed by atoms with van der Waals surface area (Å²) in [5.74, 6) is -0.0432. The van der Waals surface area contributed by atoms with E-state index in [4.69, 9.17) is 4.74 Å². The first-order chi connectivity index (χ1) is 13.2. The van der Waals surface area contributed by atoms with Crippen molar-refractivity contribution in [2.45, 2.75) is 50.9 Å². The number of thiophene rings is 1. The summed E-state index contributed by atoms with van der Waals surface area (Å²) < 4.78 is 5.04. The first-order valence-corrected chi connectivity index (χ1v) is 10.6. The van der Waals surface area contributed by atoms with Crippen LogP contribution in [0.5, 0.6) is 0 Å². The summed E-state index contributed by atoms with van der Waals surface area (Å²) in [5, 5.41) is 3.74. The molecule has 2 aliphatic rings. The molecule has 142 valence electrons. The minimum absolute atomic E-state index is 0.0115. The zero-order chi connectivity index (χ0) is 18.8. The summed E-state index contributed by atoms with van der Waals surface area (Å²) in [5.41, 5.74) is 2.89. The van der Waals surface area contributed by atoms with Crippen LogP contribution in [0.1, 0.15) is 64.4 Å². The predicted octanol–water partition coefficient (Wildman–Crippen LogP) is 4.94. The molecule has 4 rings (SSSR count). The Morgan fingerprint density at radius 1 is 1.07 bits per heavy atom. The number of ether oxygens (including phenoxy) is 1. The lowest BCUT2D eigenvalue weighted by atomic mass is 9.96. The summed E-state index contributed by atoms with van der Waals surface area (Å²) in [6.45, 7) is 0. The first kappa shape index (κ1) is 18.2. The number of nitrogens with one attached hydrogen (secondary N) is 1. The van der Waals surface area contributed by atoms with Gasteiger partial charge in [0.2, 0.25) is 5.91 Å². The third kappa shape index (κ3) is 3.79. The number of amides is 1. The van der Waals surface area contributed by atoms with E-state index in [0.717, 1.165) is 37.7 Å². The van der Waals surface area contributed by atoms with E-state index in [-0.39, 0.29) is 23.7 Å². The van der Waals surface area contributed by atoms with E-state index in [2.05, 4.69) is 17.4 Å². The first-order valence-electron chi connectivity index (χ1n) is 9.77. The average molecular weight is 384 g/mol. The van der Waals surface area contributed by atoms with Crippen LogP contribution in [-0.2, 0) is 22.4 Å². The fourth-order valence-electron chi connectivity index (χ4n) is 4.08. The molecule has 2 atom stereocenters. The van der Waals surface area contributed by atoms with Gasteiger partial charge in [-0.05, 0) is 49.1 Å². The van der Waals surface area contributed by atoms with Crippen LogP contribution in [-0.4, -0.2) is 19.0 Å². The Kier molecular flexibility index (Phi) is 5.30. The molecule has 1 N–H and O–H groups in total. The molecule has 5 heteroatoms. The highest BCUT2D eigenvalue weighted by molar-refractivity contribution is 7.17. The Bertz CT molecular complexity index is 843. The number of hydrogen-bond acceptors (Lipinski definition) is 4. The zero-order valence-electron chi connectivity index (χ0n) is 15.6. The number of esters is 1. The van der Waals surface area contributed by atoms with Crippen LogP contribution in [0, 0.1) is 5.92 Å². The molecule has 1 saturated carbocycles. The highest BCUT2D eigenvalue weighted by Crippen LogP contribution is 2.48. The molecule has 1 amide bonds. The summed E-state index contributed by atoms with van der Waals surface area (Å²) in [4.78, 5) is 26.5. The van der Waals surface area contributed by atoms with Crippen molar-refractivity contribution in [3.63, 3.8) is 0 Å². The minimum atomic E-state index is -0.334. The molecule has 2 aromatic rings. The maximum absolute atomic E-state index is 12.8. The fraction of sp³-hybridized carbons (Fsp3) is 0.455. The summed E-state index contributed by atoms with van der Waals surface area (Å²) in [7, 11) is 1.41. The van der Waals surface area contributed by atoms with Gasteiger partial charge in [-0.2, -0.15) is 0 Å². The van der Waals surface area contributed by atoms with Gasteiger partial charge in [-0.25, -0.2) is 4.79 Å². The number of benzene rings is 1. The fourth-order valence-corrected chi connectivity index (χ4v) is 5.36. The van der Waals surface area contributed by atoms with Crippen LogP contribution in [0.15, 0.2) is 30.3 Å². The summed E-state index contributed by atoms with van der Waals surface area (Å²) in [6.07, 6.45) is 7.39. The Balaban J connectivity index is 1.55. The Morgan fingerprint density at radius 2 is 1.81 bits per heavy atom. The minimum Gasteiger partial charge on any atom is -0.465 e. The van der Waals surface area contributed by atoms with Crippen molar-refractivity contribution < 1.29 is 14.3 Å². The van der Waals surface area contributed by atoms with Gasteiger partial charge in [0.25, 0.3) is 0 Å². The molecule has 2 aliphatic carbocycles. The molecular weight excluding hydrogens is 358 g/mol. The Morgan fingerprint density at radius 3 is 2.56 bits per heavy atom. The lowest BCUT2D eigenvalue weighted by Gasteiger charge is -2.11. The molecule has 0 spiro atoms. The predicted molar refractivity (Wildman–Crippen MR) is 107 cm³/mol. The third-order valence-corrected chi connectivity index (χ3v) is 6.86. The molecule has 0 unspecified atom stereocenters. The van der Waals surface area contributed by atoms with Gasteiger partial charge in [0, 0.05) is 10.8 Å². The van der Waals surface area contributed by atoms with Gasteiger partial charge in [-0.3, -0.25) is 4.79 Å². The van der Waals surface area contributed by atoms with Crippen molar-refractivity contribution in [3.05, 3.63) is 51.9 Å². The standard InChI is InChI=1S/C22H25NO3S/c1-26-22(25)19-15-11-7-2-3-8-12-18(15)27-21(19)23-20(24)17-13-16(17)14-9-5-4-6-10-14/h4-6,9-10,16-17H,2-3,7-8,11-13H2,1H3,(H,23,24)/t16-,17-/m1/s1. The third-order valence-electron chi connectivity index (χ3n) is 5.65. The van der Waals surface area contributed by atoms with Gasteiger partial charge in [-0.1, -0.05) is 43.2 Å². The van der Waals surface area contributed by atoms with E-state index in [1.54, 1.807) is 11.3 Å². The number of aryl methyl sites for hydroxylation is 1. The quantitative estimate of drug-likeness (QED) is 0.761. The summed E-state index contributed by atoms with van der Waals surface area (Å²) >= 11 is 1.57. The highest BCUT2D eigenvalue weighted by Gasteiger charge is 2.44. The smallest absolute Gasteiger partial charge is 0.341 e. The van der Waals surface area contributed by atoms with Crippen LogP contribution in [0.2, 0.25) is 0 Å². The van der Waals surface area contributed by atoms with Crippen molar-refractivity contribution in [1.82, 2.24) is 0 Å². The topological polar surface area (TPSA) is 55.4 Å². The number of fused-ring (bicyclic) bond motifs is 1. The van der Waals surface area contributed by atoms with Crippen molar-refractivity contribution in [1.29, 1.82) is 0 Å². The molecule has 1 aromatic heterocycles. The number of carbonyl (C=O) groups excluding carboxylic acids is 2. The molecule has 1 aromatic carbocycles. The number of rotatable bonds is 4. The van der Waals surface area contributed by atoms with Crippen molar-refractivity contribution >= 4 is 28.2 Å². The van der Waals surface area contributed by atoms with Gasteiger partial charge in [0.15, 0.2) is 0 Å². The lowest BCUT2D eigenvalue weighted by Crippen LogP contribution is -2.16. The van der Waals surface area contributed by atoms with Gasteiger partial charge in [-0.15, -0.1) is 11.3 Å². The molecular formula is C22H25NO3S. The molecule has 0 bridgehead atoms. The van der Waals surface area contributed by atoms with Crippen molar-refractivity contribution in [3.8, 4) is 0 Å². The molecule has 0 saturated heterocycles. The number of carbonyl (C=O) groups is 2. The van der Waals surface area contributed by atoms with Crippen LogP contribution >= 0.6 is 11.3 Å². The monoisotopic (exact) mass is 383 g/mol. The van der Waals surface area contributed by atoms with E-state index in [9.17, 15) is 9.59 Å².